The first-order chi connectivity index (χ1) is 10.4. The van der Waals surface area contributed by atoms with Crippen LogP contribution in [0.4, 0.5) is 13.2 Å². The maximum absolute atomic E-state index is 12.6. The highest BCUT2D eigenvalue weighted by molar-refractivity contribution is 6.31. The summed E-state index contributed by atoms with van der Waals surface area (Å²) in [6.45, 7) is -0.229. The van der Waals surface area contributed by atoms with Crippen LogP contribution in [0.2, 0.25) is 5.02 Å². The number of aromatic nitrogens is 1. The SMILES string of the molecule is OCc1cc2cc(Cl)ccc2n1-c1ccc(C(F)(F)F)cc1. The Bertz CT molecular complexity index is 822. The second kappa shape index (κ2) is 5.34. The van der Waals surface area contributed by atoms with Crippen molar-refractivity contribution in [1.29, 1.82) is 0 Å². The molecule has 6 heteroatoms. The first kappa shape index (κ1) is 14.9. The molecule has 22 heavy (non-hydrogen) atoms. The highest BCUT2D eigenvalue weighted by atomic mass is 35.5. The Balaban J connectivity index is 2.17. The van der Waals surface area contributed by atoms with Gasteiger partial charge in [0.2, 0.25) is 0 Å². The van der Waals surface area contributed by atoms with E-state index in [2.05, 4.69) is 0 Å². The quantitative estimate of drug-likeness (QED) is 0.719. The normalized spacial score (nSPS) is 12.0. The maximum atomic E-state index is 12.6. The smallest absolute Gasteiger partial charge is 0.390 e. The van der Waals surface area contributed by atoms with Crippen molar-refractivity contribution in [3.63, 3.8) is 0 Å². The van der Waals surface area contributed by atoms with Gasteiger partial charge in [-0.25, -0.2) is 0 Å². The summed E-state index contributed by atoms with van der Waals surface area (Å²) in [7, 11) is 0. The van der Waals surface area contributed by atoms with E-state index in [4.69, 9.17) is 11.6 Å². The molecule has 1 heterocycles. The molecule has 0 bridgehead atoms. The molecule has 114 valence electrons. The molecule has 3 aromatic rings. The molecule has 1 N–H and O–H groups in total. The van der Waals surface area contributed by atoms with Gasteiger partial charge in [-0.15, -0.1) is 0 Å². The summed E-state index contributed by atoms with van der Waals surface area (Å²) in [5.74, 6) is 0. The summed E-state index contributed by atoms with van der Waals surface area (Å²) < 4.78 is 39.6. The van der Waals surface area contributed by atoms with Crippen molar-refractivity contribution < 1.29 is 18.3 Å². The standard InChI is InChI=1S/C16H11ClF3NO/c17-12-3-6-15-10(7-12)8-14(9-22)21(15)13-4-1-11(2-5-13)16(18,19)20/h1-8,22H,9H2. The van der Waals surface area contributed by atoms with Crippen molar-refractivity contribution in [3.05, 3.63) is 64.8 Å². The van der Waals surface area contributed by atoms with E-state index in [1.807, 2.05) is 0 Å². The fourth-order valence-corrected chi connectivity index (χ4v) is 2.64. The number of aliphatic hydroxyl groups is 1. The van der Waals surface area contributed by atoms with E-state index in [0.29, 0.717) is 16.4 Å². The molecule has 0 atom stereocenters. The minimum Gasteiger partial charge on any atom is -0.390 e. The molecule has 0 spiro atoms. The van der Waals surface area contributed by atoms with Crippen molar-refractivity contribution in [1.82, 2.24) is 4.57 Å². The number of hydrogen-bond donors (Lipinski definition) is 1. The van der Waals surface area contributed by atoms with Crippen molar-refractivity contribution in [3.8, 4) is 5.69 Å². The van der Waals surface area contributed by atoms with Crippen molar-refractivity contribution >= 4 is 22.5 Å². The van der Waals surface area contributed by atoms with Crippen molar-refractivity contribution in [2.24, 2.45) is 0 Å². The molecule has 0 radical (unpaired) electrons. The first-order valence-corrected chi connectivity index (χ1v) is 6.86. The minimum absolute atomic E-state index is 0.229. The van der Waals surface area contributed by atoms with Gasteiger partial charge in [-0.2, -0.15) is 13.2 Å². The van der Waals surface area contributed by atoms with Gasteiger partial charge in [0.1, 0.15) is 0 Å². The molecule has 0 aliphatic heterocycles. The number of rotatable bonds is 2. The maximum Gasteiger partial charge on any atom is 0.416 e. The van der Waals surface area contributed by atoms with Crippen molar-refractivity contribution in [2.45, 2.75) is 12.8 Å². The summed E-state index contributed by atoms with van der Waals surface area (Å²) >= 11 is 5.94. The Morgan fingerprint density at radius 1 is 1.00 bits per heavy atom. The van der Waals surface area contributed by atoms with Crippen LogP contribution < -0.4 is 0 Å². The molecule has 3 rings (SSSR count). The van der Waals surface area contributed by atoms with Gasteiger partial charge < -0.3 is 9.67 Å². The zero-order valence-electron chi connectivity index (χ0n) is 11.2. The molecule has 0 unspecified atom stereocenters. The number of halogens is 4. The van der Waals surface area contributed by atoms with E-state index in [1.54, 1.807) is 28.8 Å². The summed E-state index contributed by atoms with van der Waals surface area (Å²) in [5, 5.41) is 10.9. The summed E-state index contributed by atoms with van der Waals surface area (Å²) in [5.41, 5.74) is 1.20. The third-order valence-corrected chi connectivity index (χ3v) is 3.69. The largest absolute Gasteiger partial charge is 0.416 e. The Morgan fingerprint density at radius 3 is 2.27 bits per heavy atom. The summed E-state index contributed by atoms with van der Waals surface area (Å²) in [6.07, 6.45) is -4.37. The van der Waals surface area contributed by atoms with Gasteiger partial charge in [-0.1, -0.05) is 11.6 Å². The van der Waals surface area contributed by atoms with Crippen LogP contribution in [0.3, 0.4) is 0 Å². The Morgan fingerprint density at radius 2 is 1.68 bits per heavy atom. The Labute approximate surface area is 129 Å². The molecule has 2 aromatic carbocycles. The van der Waals surface area contributed by atoms with Gasteiger partial charge in [-0.3, -0.25) is 0 Å². The van der Waals surface area contributed by atoms with Crippen molar-refractivity contribution in [2.75, 3.05) is 0 Å². The van der Waals surface area contributed by atoms with E-state index in [-0.39, 0.29) is 6.61 Å². The van der Waals surface area contributed by atoms with Gasteiger partial charge in [-0.05, 0) is 48.5 Å². The van der Waals surface area contributed by atoms with Crippen LogP contribution in [0.25, 0.3) is 16.6 Å². The lowest BCUT2D eigenvalue weighted by Gasteiger charge is -2.12. The summed E-state index contributed by atoms with van der Waals surface area (Å²) in [6, 6.07) is 11.8. The number of aliphatic hydroxyl groups excluding tert-OH is 1. The lowest BCUT2D eigenvalue weighted by molar-refractivity contribution is -0.137. The zero-order chi connectivity index (χ0) is 15.9. The second-order valence-corrected chi connectivity index (χ2v) is 5.31. The van der Waals surface area contributed by atoms with Gasteiger partial charge in [0.05, 0.1) is 17.7 Å². The topological polar surface area (TPSA) is 25.2 Å². The molecule has 1 aromatic heterocycles. The number of alkyl halides is 3. The fourth-order valence-electron chi connectivity index (χ4n) is 2.46. The van der Waals surface area contributed by atoms with Crippen LogP contribution in [0.5, 0.6) is 0 Å². The predicted octanol–water partition coefficient (Wildman–Crippen LogP) is 4.80. The fraction of sp³-hybridized carbons (Fsp3) is 0.125. The van der Waals surface area contributed by atoms with Crippen LogP contribution in [-0.2, 0) is 12.8 Å². The highest BCUT2D eigenvalue weighted by Crippen LogP contribution is 2.31. The van der Waals surface area contributed by atoms with Gasteiger partial charge in [0.15, 0.2) is 0 Å². The number of fused-ring (bicyclic) bond motifs is 1. The monoisotopic (exact) mass is 325 g/mol. The van der Waals surface area contributed by atoms with E-state index in [9.17, 15) is 18.3 Å². The Hall–Kier alpha value is -1.98. The number of benzene rings is 2. The van der Waals surface area contributed by atoms with Crippen LogP contribution >= 0.6 is 11.6 Å². The lowest BCUT2D eigenvalue weighted by atomic mass is 10.2. The van der Waals surface area contributed by atoms with Gasteiger partial charge >= 0.3 is 6.18 Å². The third-order valence-electron chi connectivity index (χ3n) is 3.45. The zero-order valence-corrected chi connectivity index (χ0v) is 12.0. The molecular formula is C16H11ClF3NO. The van der Waals surface area contributed by atoms with Gasteiger partial charge in [0, 0.05) is 21.8 Å². The second-order valence-electron chi connectivity index (χ2n) is 4.88. The van der Waals surface area contributed by atoms with E-state index in [1.165, 1.54) is 12.1 Å². The Kier molecular flexibility index (Phi) is 3.62. The molecule has 2 nitrogen and oxygen atoms in total. The number of hydrogen-bond acceptors (Lipinski definition) is 1. The predicted molar refractivity (Wildman–Crippen MR) is 79.2 cm³/mol. The van der Waals surface area contributed by atoms with E-state index in [0.717, 1.165) is 23.0 Å². The summed E-state index contributed by atoms with van der Waals surface area (Å²) in [4.78, 5) is 0. The third kappa shape index (κ3) is 2.58. The minimum atomic E-state index is -4.37. The molecule has 0 saturated carbocycles. The van der Waals surface area contributed by atoms with Gasteiger partial charge in [0.25, 0.3) is 0 Å². The average Bonchev–Trinajstić information content (AvgIpc) is 2.84. The van der Waals surface area contributed by atoms with Crippen LogP contribution in [0.15, 0.2) is 48.5 Å². The van der Waals surface area contributed by atoms with E-state index < -0.39 is 11.7 Å². The molecule has 0 saturated heterocycles. The molecular weight excluding hydrogens is 315 g/mol. The molecule has 0 fully saturated rings. The van der Waals surface area contributed by atoms with Crippen LogP contribution in [0.1, 0.15) is 11.3 Å². The van der Waals surface area contributed by atoms with Crippen LogP contribution in [-0.4, -0.2) is 9.67 Å². The molecule has 0 aliphatic carbocycles. The molecule has 0 aliphatic rings. The molecule has 0 amide bonds. The lowest BCUT2D eigenvalue weighted by Crippen LogP contribution is -2.05. The van der Waals surface area contributed by atoms with E-state index >= 15 is 0 Å². The number of nitrogens with zero attached hydrogens (tertiary/aromatic N) is 1. The first-order valence-electron chi connectivity index (χ1n) is 6.48. The van der Waals surface area contributed by atoms with Crippen LogP contribution in [0, 0.1) is 0 Å². The highest BCUT2D eigenvalue weighted by Gasteiger charge is 2.30. The average molecular weight is 326 g/mol.